The number of hydrogen-bond donors (Lipinski definition) is 3. The molecule has 0 fully saturated rings. The summed E-state index contributed by atoms with van der Waals surface area (Å²) >= 11 is 0. The van der Waals surface area contributed by atoms with Crippen LogP contribution in [0.4, 0.5) is 11.4 Å². The summed E-state index contributed by atoms with van der Waals surface area (Å²) in [4.78, 5) is -0.289. The fourth-order valence-electron chi connectivity index (χ4n) is 2.36. The third kappa shape index (κ3) is 4.22. The highest BCUT2D eigenvalue weighted by Crippen LogP contribution is 2.39. The summed E-state index contributed by atoms with van der Waals surface area (Å²) in [6.45, 7) is 0. The molecule has 0 saturated heterocycles. The SMILES string of the molecule is O=[SH](=O)Oc1cccc2c(N=Nc3ccc(S(=O)(=O)O)cc3)c(O)ccc12. The molecule has 0 aliphatic heterocycles. The molecule has 3 aromatic carbocycles. The van der Waals surface area contributed by atoms with Gasteiger partial charge in [0.25, 0.3) is 21.1 Å². The van der Waals surface area contributed by atoms with Crippen molar-refractivity contribution in [3.8, 4) is 11.5 Å². The molecule has 0 aliphatic rings. The molecule has 0 aromatic heterocycles. The first kappa shape index (κ1) is 18.8. The van der Waals surface area contributed by atoms with Crippen molar-refractivity contribution >= 4 is 43.3 Å². The number of benzene rings is 3. The van der Waals surface area contributed by atoms with E-state index >= 15 is 0 Å². The zero-order valence-electron chi connectivity index (χ0n) is 13.4. The first-order valence-electron chi connectivity index (χ1n) is 7.32. The van der Waals surface area contributed by atoms with Crippen LogP contribution in [0, 0.1) is 0 Å². The van der Waals surface area contributed by atoms with Gasteiger partial charge in [0.2, 0.25) is 0 Å². The first-order valence-corrected chi connectivity index (χ1v) is 9.85. The molecule has 27 heavy (non-hydrogen) atoms. The van der Waals surface area contributed by atoms with Crippen molar-refractivity contribution in [1.82, 2.24) is 0 Å². The van der Waals surface area contributed by atoms with Crippen molar-refractivity contribution in [2.24, 2.45) is 10.2 Å². The minimum atomic E-state index is -4.31. The van der Waals surface area contributed by atoms with Gasteiger partial charge in [0, 0.05) is 10.8 Å². The number of phenolic OH excluding ortho intramolecular Hbond substituents is 1. The van der Waals surface area contributed by atoms with Crippen LogP contribution in [0.5, 0.6) is 11.5 Å². The second kappa shape index (κ2) is 7.31. The Morgan fingerprint density at radius 1 is 0.889 bits per heavy atom. The van der Waals surface area contributed by atoms with Crippen LogP contribution in [-0.4, -0.2) is 26.5 Å². The Morgan fingerprint density at radius 2 is 1.59 bits per heavy atom. The second-order valence-electron chi connectivity index (χ2n) is 5.27. The molecule has 3 aromatic rings. The van der Waals surface area contributed by atoms with E-state index in [0.29, 0.717) is 10.8 Å². The van der Waals surface area contributed by atoms with E-state index in [4.69, 9.17) is 8.74 Å². The lowest BCUT2D eigenvalue weighted by atomic mass is 10.1. The molecular weight excluding hydrogens is 396 g/mol. The van der Waals surface area contributed by atoms with Crippen LogP contribution in [0.3, 0.4) is 0 Å². The molecule has 0 spiro atoms. The number of fused-ring (bicyclic) bond motifs is 1. The maximum absolute atomic E-state index is 11.0. The fraction of sp³-hybridized carbons (Fsp3) is 0. The van der Waals surface area contributed by atoms with E-state index in [1.165, 1.54) is 36.4 Å². The number of phenols is 1. The minimum Gasteiger partial charge on any atom is -0.506 e. The summed E-state index contributed by atoms with van der Waals surface area (Å²) < 4.78 is 57.5. The average Bonchev–Trinajstić information content (AvgIpc) is 2.60. The smallest absolute Gasteiger partial charge is 0.299 e. The van der Waals surface area contributed by atoms with Crippen molar-refractivity contribution < 1.29 is 30.7 Å². The van der Waals surface area contributed by atoms with Crippen LogP contribution < -0.4 is 4.18 Å². The van der Waals surface area contributed by atoms with Crippen LogP contribution in [-0.2, 0) is 21.1 Å². The second-order valence-corrected chi connectivity index (χ2v) is 7.32. The average molecular weight is 408 g/mol. The third-order valence-electron chi connectivity index (χ3n) is 3.54. The largest absolute Gasteiger partial charge is 0.506 e. The molecule has 0 bridgehead atoms. The standard InChI is InChI=1S/C16H12N2O7S2/c19-14-9-8-12-13(2-1-3-15(12)25-26(20)21)16(14)18-17-10-4-6-11(7-5-10)27(22,23)24/h1-9,19,26H,(H,22,23,24). The van der Waals surface area contributed by atoms with E-state index in [1.54, 1.807) is 6.07 Å². The number of thiol groups is 1. The van der Waals surface area contributed by atoms with E-state index in [1.807, 2.05) is 0 Å². The van der Waals surface area contributed by atoms with Crippen LogP contribution in [0.15, 0.2) is 69.7 Å². The van der Waals surface area contributed by atoms with Crippen LogP contribution in [0.25, 0.3) is 10.8 Å². The molecule has 0 aliphatic carbocycles. The van der Waals surface area contributed by atoms with E-state index in [-0.39, 0.29) is 27.8 Å². The minimum absolute atomic E-state index is 0.0811. The van der Waals surface area contributed by atoms with Crippen molar-refractivity contribution in [2.75, 3.05) is 0 Å². The van der Waals surface area contributed by atoms with E-state index in [0.717, 1.165) is 12.1 Å². The normalized spacial score (nSPS) is 12.1. The zero-order chi connectivity index (χ0) is 19.6. The van der Waals surface area contributed by atoms with Gasteiger partial charge in [0.05, 0.1) is 10.6 Å². The molecule has 0 atom stereocenters. The van der Waals surface area contributed by atoms with Gasteiger partial charge in [-0.1, -0.05) is 12.1 Å². The summed E-state index contributed by atoms with van der Waals surface area (Å²) in [7, 11) is -7.42. The summed E-state index contributed by atoms with van der Waals surface area (Å²) in [5, 5.41) is 18.8. The monoisotopic (exact) mass is 408 g/mol. The molecule has 3 rings (SSSR count). The molecule has 2 N–H and O–H groups in total. The predicted molar refractivity (Wildman–Crippen MR) is 97.0 cm³/mol. The Hall–Kier alpha value is -3.02. The predicted octanol–water partition coefficient (Wildman–Crippen LogP) is 3.11. The molecule has 0 amide bonds. The van der Waals surface area contributed by atoms with Gasteiger partial charge in [0.15, 0.2) is 0 Å². The van der Waals surface area contributed by atoms with Gasteiger partial charge < -0.3 is 9.29 Å². The van der Waals surface area contributed by atoms with Gasteiger partial charge in [-0.15, -0.1) is 5.11 Å². The van der Waals surface area contributed by atoms with Gasteiger partial charge in [-0.2, -0.15) is 21.9 Å². The highest BCUT2D eigenvalue weighted by molar-refractivity contribution is 7.85. The Morgan fingerprint density at radius 3 is 2.22 bits per heavy atom. The highest BCUT2D eigenvalue weighted by atomic mass is 32.2. The number of nitrogens with zero attached hydrogens (tertiary/aromatic N) is 2. The van der Waals surface area contributed by atoms with Crippen molar-refractivity contribution in [3.05, 3.63) is 54.6 Å². The highest BCUT2D eigenvalue weighted by Gasteiger charge is 2.11. The molecule has 11 heteroatoms. The topological polar surface area (TPSA) is 143 Å². The maximum atomic E-state index is 11.0. The Balaban J connectivity index is 2.04. The van der Waals surface area contributed by atoms with Crippen molar-refractivity contribution in [2.45, 2.75) is 4.90 Å². The summed E-state index contributed by atoms with van der Waals surface area (Å²) in [6, 6.07) is 12.4. The van der Waals surface area contributed by atoms with E-state index in [2.05, 4.69) is 10.2 Å². The summed E-state index contributed by atoms with van der Waals surface area (Å²) in [5.74, 6) is -0.109. The van der Waals surface area contributed by atoms with Gasteiger partial charge in [-0.05, 0) is 42.5 Å². The van der Waals surface area contributed by atoms with Crippen LogP contribution in [0.1, 0.15) is 0 Å². The van der Waals surface area contributed by atoms with E-state index < -0.39 is 21.1 Å². The van der Waals surface area contributed by atoms with Crippen molar-refractivity contribution in [3.63, 3.8) is 0 Å². The lowest BCUT2D eigenvalue weighted by molar-refractivity contribution is 0.477. The van der Waals surface area contributed by atoms with Gasteiger partial charge in [-0.25, -0.2) is 0 Å². The third-order valence-corrected chi connectivity index (χ3v) is 4.76. The molecule has 0 heterocycles. The quantitative estimate of drug-likeness (QED) is 0.334. The first-order chi connectivity index (χ1) is 12.8. The van der Waals surface area contributed by atoms with Crippen molar-refractivity contribution in [1.29, 1.82) is 0 Å². The molecule has 9 nitrogen and oxygen atoms in total. The van der Waals surface area contributed by atoms with Gasteiger partial charge in [-0.3, -0.25) is 4.55 Å². The lowest BCUT2D eigenvalue weighted by Gasteiger charge is -2.07. The van der Waals surface area contributed by atoms with Gasteiger partial charge in [0.1, 0.15) is 17.2 Å². The van der Waals surface area contributed by atoms with E-state index in [9.17, 15) is 21.9 Å². The number of azo groups is 1. The van der Waals surface area contributed by atoms with Gasteiger partial charge >= 0.3 is 0 Å². The molecule has 140 valence electrons. The number of rotatable bonds is 5. The molecule has 0 radical (unpaired) electrons. The number of hydrogen-bond acceptors (Lipinski definition) is 8. The summed E-state index contributed by atoms with van der Waals surface area (Å²) in [5.41, 5.74) is 0.353. The Kier molecular flexibility index (Phi) is 5.08. The van der Waals surface area contributed by atoms with Crippen LogP contribution in [0.2, 0.25) is 0 Å². The zero-order valence-corrected chi connectivity index (χ0v) is 15.1. The Bertz CT molecular complexity index is 1210. The Labute approximate surface area is 155 Å². The fourth-order valence-corrected chi connectivity index (χ4v) is 3.16. The summed E-state index contributed by atoms with van der Waals surface area (Å²) in [6.07, 6.45) is 0. The molecular formula is C16H12N2O7S2. The molecule has 0 saturated carbocycles. The van der Waals surface area contributed by atoms with Crippen LogP contribution >= 0.6 is 0 Å². The number of aromatic hydroxyl groups is 1. The maximum Gasteiger partial charge on any atom is 0.299 e. The lowest BCUT2D eigenvalue weighted by Crippen LogP contribution is -1.96. The molecule has 0 unspecified atom stereocenters.